The third kappa shape index (κ3) is 3.00. The highest BCUT2D eigenvalue weighted by molar-refractivity contribution is 5.69. The standard InChI is InChI=1S/C9H15N5O3/c1-6(15)4-13(3)9-7(14(16)17)8(10-2)11-5-12-9/h5-6,15H,4H2,1-3H3,(H,10,11,12). The predicted molar refractivity (Wildman–Crippen MR) is 63.2 cm³/mol. The molecule has 17 heavy (non-hydrogen) atoms. The first kappa shape index (κ1) is 13.1. The minimum atomic E-state index is -0.604. The molecule has 0 aliphatic heterocycles. The fourth-order valence-electron chi connectivity index (χ4n) is 1.48. The first-order valence-corrected chi connectivity index (χ1v) is 5.03. The third-order valence-electron chi connectivity index (χ3n) is 2.12. The Bertz CT molecular complexity index is 410. The van der Waals surface area contributed by atoms with Crippen LogP contribution in [0.3, 0.4) is 0 Å². The molecule has 0 aliphatic carbocycles. The summed E-state index contributed by atoms with van der Waals surface area (Å²) < 4.78 is 0. The van der Waals surface area contributed by atoms with E-state index in [1.165, 1.54) is 11.2 Å². The van der Waals surface area contributed by atoms with Crippen LogP contribution in [0.4, 0.5) is 17.3 Å². The average molecular weight is 241 g/mol. The zero-order valence-electron chi connectivity index (χ0n) is 9.91. The summed E-state index contributed by atoms with van der Waals surface area (Å²) >= 11 is 0. The van der Waals surface area contributed by atoms with Crippen LogP contribution in [0.2, 0.25) is 0 Å². The number of hydrogen-bond donors (Lipinski definition) is 2. The number of nitro groups is 1. The van der Waals surface area contributed by atoms with Crippen LogP contribution < -0.4 is 10.2 Å². The molecular weight excluding hydrogens is 226 g/mol. The number of aliphatic hydroxyl groups excluding tert-OH is 1. The summed E-state index contributed by atoms with van der Waals surface area (Å²) in [7, 11) is 3.18. The molecule has 0 radical (unpaired) electrons. The van der Waals surface area contributed by atoms with E-state index in [9.17, 15) is 15.2 Å². The van der Waals surface area contributed by atoms with Crippen molar-refractivity contribution in [3.63, 3.8) is 0 Å². The van der Waals surface area contributed by atoms with Gasteiger partial charge in [0, 0.05) is 20.6 Å². The van der Waals surface area contributed by atoms with Gasteiger partial charge < -0.3 is 15.3 Å². The van der Waals surface area contributed by atoms with E-state index in [2.05, 4.69) is 15.3 Å². The number of aliphatic hydroxyl groups is 1. The van der Waals surface area contributed by atoms with Gasteiger partial charge in [-0.2, -0.15) is 0 Å². The van der Waals surface area contributed by atoms with Crippen LogP contribution in [0.1, 0.15) is 6.92 Å². The van der Waals surface area contributed by atoms with Gasteiger partial charge in [0.2, 0.25) is 11.6 Å². The van der Waals surface area contributed by atoms with Crippen LogP contribution in [0.25, 0.3) is 0 Å². The molecule has 0 aliphatic rings. The van der Waals surface area contributed by atoms with Gasteiger partial charge in [0.15, 0.2) is 0 Å². The third-order valence-corrected chi connectivity index (χ3v) is 2.12. The van der Waals surface area contributed by atoms with Gasteiger partial charge >= 0.3 is 5.69 Å². The van der Waals surface area contributed by atoms with Gasteiger partial charge in [-0.3, -0.25) is 10.1 Å². The number of likely N-dealkylation sites (N-methyl/N-ethyl adjacent to an activating group) is 1. The summed E-state index contributed by atoms with van der Waals surface area (Å²) in [6, 6.07) is 0. The molecule has 0 amide bonds. The van der Waals surface area contributed by atoms with E-state index in [-0.39, 0.29) is 23.9 Å². The van der Waals surface area contributed by atoms with E-state index in [0.29, 0.717) is 0 Å². The molecule has 8 heteroatoms. The second-order valence-corrected chi connectivity index (χ2v) is 3.63. The van der Waals surface area contributed by atoms with Crippen LogP contribution >= 0.6 is 0 Å². The van der Waals surface area contributed by atoms with Crippen molar-refractivity contribution in [1.82, 2.24) is 9.97 Å². The zero-order chi connectivity index (χ0) is 13.0. The van der Waals surface area contributed by atoms with E-state index in [4.69, 9.17) is 0 Å². The highest BCUT2D eigenvalue weighted by Gasteiger charge is 2.25. The smallest absolute Gasteiger partial charge is 0.353 e. The lowest BCUT2D eigenvalue weighted by atomic mass is 10.3. The topological polar surface area (TPSA) is 104 Å². The van der Waals surface area contributed by atoms with Crippen molar-refractivity contribution in [3.05, 3.63) is 16.4 Å². The number of hydrogen-bond acceptors (Lipinski definition) is 7. The summed E-state index contributed by atoms with van der Waals surface area (Å²) in [6.45, 7) is 1.85. The van der Waals surface area contributed by atoms with Crippen molar-refractivity contribution >= 4 is 17.3 Å². The minimum absolute atomic E-state index is 0.150. The van der Waals surface area contributed by atoms with E-state index in [1.54, 1.807) is 21.0 Å². The summed E-state index contributed by atoms with van der Waals surface area (Å²) in [6.07, 6.45) is 0.639. The highest BCUT2D eigenvalue weighted by Crippen LogP contribution is 2.30. The quantitative estimate of drug-likeness (QED) is 0.562. The van der Waals surface area contributed by atoms with Gasteiger partial charge in [-0.25, -0.2) is 9.97 Å². The van der Waals surface area contributed by atoms with Gasteiger partial charge in [-0.1, -0.05) is 0 Å². The van der Waals surface area contributed by atoms with E-state index in [1.807, 2.05) is 0 Å². The number of aromatic nitrogens is 2. The molecule has 0 saturated heterocycles. The maximum absolute atomic E-state index is 11.0. The van der Waals surface area contributed by atoms with Crippen LogP contribution in [0.15, 0.2) is 6.33 Å². The lowest BCUT2D eigenvalue weighted by molar-refractivity contribution is -0.383. The van der Waals surface area contributed by atoms with Crippen LogP contribution in [-0.4, -0.2) is 46.7 Å². The molecule has 1 atom stereocenters. The average Bonchev–Trinajstić information content (AvgIpc) is 2.26. The summed E-state index contributed by atoms with van der Waals surface area (Å²) in [5.74, 6) is 0.327. The summed E-state index contributed by atoms with van der Waals surface area (Å²) in [4.78, 5) is 19.6. The Kier molecular flexibility index (Phi) is 4.16. The van der Waals surface area contributed by atoms with Gasteiger partial charge in [-0.05, 0) is 6.92 Å². The van der Waals surface area contributed by atoms with Crippen LogP contribution in [0, 0.1) is 10.1 Å². The predicted octanol–water partition coefficient (Wildman–Crippen LogP) is 0.244. The van der Waals surface area contributed by atoms with Crippen molar-refractivity contribution in [2.75, 3.05) is 30.9 Å². The molecule has 1 rings (SSSR count). The van der Waals surface area contributed by atoms with Crippen molar-refractivity contribution in [3.8, 4) is 0 Å². The Morgan fingerprint density at radius 1 is 1.65 bits per heavy atom. The number of nitrogens with one attached hydrogen (secondary N) is 1. The fraction of sp³-hybridized carbons (Fsp3) is 0.556. The molecule has 2 N–H and O–H groups in total. The second kappa shape index (κ2) is 5.39. The molecule has 0 fully saturated rings. The number of rotatable bonds is 5. The molecule has 0 bridgehead atoms. The first-order chi connectivity index (χ1) is 7.97. The van der Waals surface area contributed by atoms with E-state index >= 15 is 0 Å². The molecule has 1 aromatic rings. The molecular formula is C9H15N5O3. The maximum Gasteiger partial charge on any atom is 0.353 e. The Balaban J connectivity index is 3.18. The van der Waals surface area contributed by atoms with Crippen molar-refractivity contribution in [1.29, 1.82) is 0 Å². The van der Waals surface area contributed by atoms with Crippen molar-refractivity contribution in [2.45, 2.75) is 13.0 Å². The fourth-order valence-corrected chi connectivity index (χ4v) is 1.48. The normalized spacial score (nSPS) is 12.0. The molecule has 1 unspecified atom stereocenters. The molecule has 94 valence electrons. The van der Waals surface area contributed by atoms with Crippen molar-refractivity contribution in [2.24, 2.45) is 0 Å². The lowest BCUT2D eigenvalue weighted by Crippen LogP contribution is -2.28. The molecule has 8 nitrogen and oxygen atoms in total. The second-order valence-electron chi connectivity index (χ2n) is 3.63. The lowest BCUT2D eigenvalue weighted by Gasteiger charge is -2.19. The van der Waals surface area contributed by atoms with Gasteiger partial charge in [-0.15, -0.1) is 0 Å². The van der Waals surface area contributed by atoms with Gasteiger partial charge in [0.1, 0.15) is 6.33 Å². The molecule has 1 aromatic heterocycles. The molecule has 0 spiro atoms. The Morgan fingerprint density at radius 2 is 2.29 bits per heavy atom. The van der Waals surface area contributed by atoms with Gasteiger partial charge in [0.05, 0.1) is 11.0 Å². The Hall–Kier alpha value is -1.96. The Morgan fingerprint density at radius 3 is 2.76 bits per heavy atom. The SMILES string of the molecule is CNc1ncnc(N(C)CC(C)O)c1[N+](=O)[O-]. The molecule has 0 saturated carbocycles. The molecule has 1 heterocycles. The minimum Gasteiger partial charge on any atom is -0.392 e. The number of anilines is 2. The first-order valence-electron chi connectivity index (χ1n) is 5.03. The van der Waals surface area contributed by atoms with Crippen molar-refractivity contribution < 1.29 is 10.0 Å². The zero-order valence-corrected chi connectivity index (χ0v) is 9.91. The van der Waals surface area contributed by atoms with Crippen LogP contribution in [-0.2, 0) is 0 Å². The highest BCUT2D eigenvalue weighted by atomic mass is 16.6. The largest absolute Gasteiger partial charge is 0.392 e. The van der Waals surface area contributed by atoms with E-state index < -0.39 is 11.0 Å². The summed E-state index contributed by atoms with van der Waals surface area (Å²) in [5.41, 5.74) is -0.196. The van der Waals surface area contributed by atoms with Crippen LogP contribution in [0.5, 0.6) is 0 Å². The van der Waals surface area contributed by atoms with E-state index in [0.717, 1.165) is 0 Å². The Labute approximate surface area is 98.5 Å². The number of nitrogens with zero attached hydrogens (tertiary/aromatic N) is 4. The monoisotopic (exact) mass is 241 g/mol. The maximum atomic E-state index is 11.0. The van der Waals surface area contributed by atoms with Gasteiger partial charge in [0.25, 0.3) is 0 Å². The summed E-state index contributed by atoms with van der Waals surface area (Å²) in [5, 5.41) is 22.9. The molecule has 0 aromatic carbocycles.